The molecule has 0 aliphatic carbocycles. The second-order valence-electron chi connectivity index (χ2n) is 8.05. The van der Waals surface area contributed by atoms with Crippen molar-refractivity contribution in [1.82, 2.24) is 15.0 Å². The maximum atomic E-state index is 6.41. The summed E-state index contributed by atoms with van der Waals surface area (Å²) < 4.78 is 17.3. The summed E-state index contributed by atoms with van der Waals surface area (Å²) >= 11 is 0. The van der Waals surface area contributed by atoms with E-state index in [2.05, 4.69) is 31.2 Å². The molecule has 0 radical (unpaired) electrons. The van der Waals surface area contributed by atoms with E-state index in [9.17, 15) is 0 Å². The molecule has 5 rings (SSSR count). The lowest BCUT2D eigenvalue weighted by Crippen LogP contribution is -2.26. The van der Waals surface area contributed by atoms with Gasteiger partial charge in [-0.15, -0.1) is 5.11 Å². The zero-order chi connectivity index (χ0) is 23.3. The normalized spacial score (nSPS) is 14.5. The molecule has 1 fully saturated rings. The third-order valence-electron chi connectivity index (χ3n) is 5.75. The van der Waals surface area contributed by atoms with Crippen LogP contribution < -0.4 is 9.47 Å². The Morgan fingerprint density at radius 3 is 2.56 bits per heavy atom. The Kier molecular flexibility index (Phi) is 6.40. The molecule has 2 aromatic carbocycles. The second kappa shape index (κ2) is 9.93. The van der Waals surface area contributed by atoms with Gasteiger partial charge in [0, 0.05) is 35.7 Å². The van der Waals surface area contributed by atoms with E-state index >= 15 is 0 Å². The van der Waals surface area contributed by atoms with Gasteiger partial charge in [-0.1, -0.05) is 18.2 Å². The first-order chi connectivity index (χ1) is 16.7. The smallest absolute Gasteiger partial charge is 0.241 e. The van der Waals surface area contributed by atoms with E-state index in [1.54, 1.807) is 19.6 Å². The fourth-order valence-electron chi connectivity index (χ4n) is 3.92. The molecule has 0 atom stereocenters. The van der Waals surface area contributed by atoms with Crippen LogP contribution >= 0.6 is 0 Å². The summed E-state index contributed by atoms with van der Waals surface area (Å²) in [4.78, 5) is 13.4. The molecule has 34 heavy (non-hydrogen) atoms. The van der Waals surface area contributed by atoms with Crippen LogP contribution in [-0.4, -0.2) is 41.4 Å². The van der Waals surface area contributed by atoms with E-state index in [1.165, 1.54) is 0 Å². The monoisotopic (exact) mass is 455 g/mol. The predicted octanol–water partition coefficient (Wildman–Crippen LogP) is 5.98. The van der Waals surface area contributed by atoms with Crippen LogP contribution in [0.1, 0.15) is 18.5 Å². The van der Waals surface area contributed by atoms with Gasteiger partial charge in [-0.25, -0.2) is 15.0 Å². The van der Waals surface area contributed by atoms with Crippen molar-refractivity contribution in [1.29, 1.82) is 0 Å². The van der Waals surface area contributed by atoms with Crippen molar-refractivity contribution >= 4 is 22.3 Å². The number of methoxy groups -OCH3 is 1. The van der Waals surface area contributed by atoms with Crippen molar-refractivity contribution < 1.29 is 14.2 Å². The van der Waals surface area contributed by atoms with Gasteiger partial charge in [0.15, 0.2) is 0 Å². The minimum Gasteiger partial charge on any atom is -0.488 e. The maximum Gasteiger partial charge on any atom is 0.241 e. The summed E-state index contributed by atoms with van der Waals surface area (Å²) in [5.41, 5.74) is 4.77. The number of fused-ring (bicyclic) bond motifs is 1. The van der Waals surface area contributed by atoms with Crippen molar-refractivity contribution in [3.63, 3.8) is 0 Å². The summed E-state index contributed by atoms with van der Waals surface area (Å²) in [5.74, 6) is 1.13. The number of hydrogen-bond donors (Lipinski definition) is 0. The third-order valence-corrected chi connectivity index (χ3v) is 5.75. The van der Waals surface area contributed by atoms with Gasteiger partial charge in [0.05, 0.1) is 26.0 Å². The number of azo groups is 1. The van der Waals surface area contributed by atoms with Gasteiger partial charge in [0.1, 0.15) is 29.4 Å². The molecule has 1 aliphatic rings. The van der Waals surface area contributed by atoms with Gasteiger partial charge in [-0.3, -0.25) is 0 Å². The van der Waals surface area contributed by atoms with E-state index in [-0.39, 0.29) is 6.10 Å². The summed E-state index contributed by atoms with van der Waals surface area (Å²) in [5, 5.41) is 9.66. The van der Waals surface area contributed by atoms with Crippen LogP contribution in [-0.2, 0) is 4.74 Å². The molecule has 2 aromatic heterocycles. The van der Waals surface area contributed by atoms with Crippen molar-refractivity contribution in [2.45, 2.75) is 25.9 Å². The third kappa shape index (κ3) is 4.72. The van der Waals surface area contributed by atoms with Crippen molar-refractivity contribution in [2.75, 3.05) is 20.3 Å². The van der Waals surface area contributed by atoms with Crippen LogP contribution in [0.15, 0.2) is 71.3 Å². The SMILES string of the molecule is COc1ncc(-c2cc(OC3CCOCC3)c3ncnc(C)c3c2)cc1N=Nc1ccccc1. The molecule has 1 saturated heterocycles. The van der Waals surface area contributed by atoms with E-state index in [4.69, 9.17) is 14.2 Å². The minimum atomic E-state index is 0.0895. The van der Waals surface area contributed by atoms with Gasteiger partial charge in [-0.2, -0.15) is 5.11 Å². The van der Waals surface area contributed by atoms with Gasteiger partial charge < -0.3 is 14.2 Å². The first-order valence-corrected chi connectivity index (χ1v) is 11.2. The van der Waals surface area contributed by atoms with Crippen molar-refractivity contribution in [3.8, 4) is 22.8 Å². The Hall–Kier alpha value is -3.91. The highest BCUT2D eigenvalue weighted by atomic mass is 16.5. The van der Waals surface area contributed by atoms with E-state index in [1.807, 2.05) is 49.4 Å². The van der Waals surface area contributed by atoms with Gasteiger partial charge in [-0.05, 0) is 42.8 Å². The number of pyridine rings is 1. The highest BCUT2D eigenvalue weighted by molar-refractivity contribution is 5.91. The molecular weight excluding hydrogens is 430 g/mol. The van der Waals surface area contributed by atoms with E-state index in [0.29, 0.717) is 24.8 Å². The van der Waals surface area contributed by atoms with Gasteiger partial charge in [0.25, 0.3) is 0 Å². The Bertz CT molecular complexity index is 1320. The Morgan fingerprint density at radius 2 is 1.76 bits per heavy atom. The predicted molar refractivity (Wildman–Crippen MR) is 129 cm³/mol. The Labute approximate surface area is 197 Å². The summed E-state index contributed by atoms with van der Waals surface area (Å²) in [6, 6.07) is 15.5. The summed E-state index contributed by atoms with van der Waals surface area (Å²) in [6.45, 7) is 3.38. The van der Waals surface area contributed by atoms with Crippen LogP contribution in [0.25, 0.3) is 22.0 Å². The van der Waals surface area contributed by atoms with Crippen molar-refractivity contribution in [3.05, 3.63) is 66.7 Å². The number of rotatable bonds is 6. The van der Waals surface area contributed by atoms with Crippen LogP contribution in [0.3, 0.4) is 0 Å². The zero-order valence-electron chi connectivity index (χ0n) is 19.1. The molecule has 172 valence electrons. The minimum absolute atomic E-state index is 0.0895. The number of hydrogen-bond acceptors (Lipinski definition) is 8. The standard InChI is InChI=1S/C26H25N5O3/c1-17-22-12-18(14-24(25(22)29-16-28-17)34-21-8-10-33-11-9-21)19-13-23(26(32-2)27-15-19)31-30-20-6-4-3-5-7-20/h3-7,12-16,21H,8-11H2,1-2H3. The topological polar surface area (TPSA) is 91.1 Å². The average Bonchev–Trinajstić information content (AvgIpc) is 2.89. The molecule has 4 aromatic rings. The molecule has 8 heteroatoms. The number of aromatic nitrogens is 3. The Morgan fingerprint density at radius 1 is 0.941 bits per heavy atom. The molecule has 0 N–H and O–H groups in total. The molecular formula is C26H25N5O3. The summed E-state index contributed by atoms with van der Waals surface area (Å²) in [6.07, 6.45) is 5.13. The van der Waals surface area contributed by atoms with Crippen LogP contribution in [0.2, 0.25) is 0 Å². The van der Waals surface area contributed by atoms with Crippen LogP contribution in [0.5, 0.6) is 11.6 Å². The van der Waals surface area contributed by atoms with Crippen LogP contribution in [0, 0.1) is 6.92 Å². The molecule has 0 spiro atoms. The lowest BCUT2D eigenvalue weighted by atomic mass is 10.0. The second-order valence-corrected chi connectivity index (χ2v) is 8.05. The van der Waals surface area contributed by atoms with Crippen molar-refractivity contribution in [2.24, 2.45) is 10.2 Å². The van der Waals surface area contributed by atoms with Crippen LogP contribution in [0.4, 0.5) is 11.4 Å². The first-order valence-electron chi connectivity index (χ1n) is 11.2. The Balaban J connectivity index is 1.56. The fourth-order valence-corrected chi connectivity index (χ4v) is 3.92. The van der Waals surface area contributed by atoms with E-state index in [0.717, 1.165) is 52.0 Å². The molecule has 0 unspecified atom stereocenters. The highest BCUT2D eigenvalue weighted by Gasteiger charge is 2.19. The fraction of sp³-hybridized carbons (Fsp3) is 0.269. The molecule has 3 heterocycles. The highest BCUT2D eigenvalue weighted by Crippen LogP contribution is 2.37. The van der Waals surface area contributed by atoms with E-state index < -0.39 is 0 Å². The molecule has 8 nitrogen and oxygen atoms in total. The molecule has 0 saturated carbocycles. The number of nitrogens with zero attached hydrogens (tertiary/aromatic N) is 5. The van der Waals surface area contributed by atoms with Gasteiger partial charge in [0.2, 0.25) is 5.88 Å². The lowest BCUT2D eigenvalue weighted by molar-refractivity contribution is 0.0261. The number of ether oxygens (including phenoxy) is 3. The molecule has 0 bridgehead atoms. The zero-order valence-corrected chi connectivity index (χ0v) is 19.1. The lowest BCUT2D eigenvalue weighted by Gasteiger charge is -2.24. The number of aryl methyl sites for hydroxylation is 1. The maximum absolute atomic E-state index is 6.41. The number of benzene rings is 2. The summed E-state index contributed by atoms with van der Waals surface area (Å²) in [7, 11) is 1.57. The largest absolute Gasteiger partial charge is 0.488 e. The molecule has 1 aliphatic heterocycles. The quantitative estimate of drug-likeness (QED) is 0.332. The average molecular weight is 456 g/mol. The van der Waals surface area contributed by atoms with Gasteiger partial charge >= 0.3 is 0 Å². The first kappa shape index (κ1) is 21.9. The molecule has 0 amide bonds.